The topological polar surface area (TPSA) is 84.5 Å². The predicted molar refractivity (Wildman–Crippen MR) is 103 cm³/mol. The molecular formula is C19H27N3O3S. The molecule has 0 saturated carbocycles. The molecule has 7 heteroatoms. The number of imidazole rings is 1. The van der Waals surface area contributed by atoms with Crippen molar-refractivity contribution in [1.82, 2.24) is 9.55 Å². The Morgan fingerprint density at radius 2 is 1.96 bits per heavy atom. The second kappa shape index (κ2) is 6.16. The Balaban J connectivity index is 2.31. The summed E-state index contributed by atoms with van der Waals surface area (Å²) in [6, 6.07) is 3.42. The largest absolute Gasteiger partial charge is 0.392 e. The van der Waals surface area contributed by atoms with Gasteiger partial charge in [-0.2, -0.15) is 0 Å². The lowest BCUT2D eigenvalue weighted by molar-refractivity contribution is 0.278. The van der Waals surface area contributed by atoms with Gasteiger partial charge < -0.3 is 9.67 Å². The molecule has 1 aromatic carbocycles. The Morgan fingerprint density at radius 3 is 2.46 bits per heavy atom. The molecule has 26 heavy (non-hydrogen) atoms. The Kier molecular flexibility index (Phi) is 4.51. The van der Waals surface area contributed by atoms with Crippen LogP contribution in [0.1, 0.15) is 46.0 Å². The fourth-order valence-corrected chi connectivity index (χ4v) is 4.28. The molecule has 0 saturated heterocycles. The zero-order valence-corrected chi connectivity index (χ0v) is 17.1. The summed E-state index contributed by atoms with van der Waals surface area (Å²) in [7, 11) is -3.44. The first-order valence-corrected chi connectivity index (χ1v) is 10.7. The van der Waals surface area contributed by atoms with Crippen molar-refractivity contribution in [2.24, 2.45) is 16.3 Å². The summed E-state index contributed by atoms with van der Waals surface area (Å²) in [5.41, 5.74) is 2.78. The van der Waals surface area contributed by atoms with Crippen LogP contribution >= 0.6 is 0 Å². The predicted octanol–water partition coefficient (Wildman–Crippen LogP) is 2.81. The van der Waals surface area contributed by atoms with Crippen molar-refractivity contribution in [2.75, 3.05) is 6.26 Å². The fourth-order valence-electron chi connectivity index (χ4n) is 3.36. The van der Waals surface area contributed by atoms with E-state index in [0.717, 1.165) is 17.1 Å². The van der Waals surface area contributed by atoms with Crippen molar-refractivity contribution in [3.63, 3.8) is 0 Å². The molecule has 1 aromatic heterocycles. The molecule has 6 nitrogen and oxygen atoms in total. The van der Waals surface area contributed by atoms with Crippen molar-refractivity contribution in [2.45, 2.75) is 58.7 Å². The monoisotopic (exact) mass is 377 g/mol. The maximum absolute atomic E-state index is 12.2. The van der Waals surface area contributed by atoms with Crippen molar-refractivity contribution in [1.29, 1.82) is 0 Å². The summed E-state index contributed by atoms with van der Waals surface area (Å²) in [4.78, 5) is 9.86. The van der Waals surface area contributed by atoms with Crippen LogP contribution in [0.3, 0.4) is 0 Å². The first-order chi connectivity index (χ1) is 11.9. The molecule has 0 radical (unpaired) electrons. The lowest BCUT2D eigenvalue weighted by Gasteiger charge is -2.33. The molecule has 1 atom stereocenters. The van der Waals surface area contributed by atoms with Gasteiger partial charge in [0.05, 0.1) is 34.3 Å². The lowest BCUT2D eigenvalue weighted by Crippen LogP contribution is -2.36. The number of aliphatic hydroxyl groups excluding tert-OH is 1. The van der Waals surface area contributed by atoms with E-state index in [1.54, 1.807) is 12.1 Å². The van der Waals surface area contributed by atoms with Gasteiger partial charge in [-0.15, -0.1) is 0 Å². The van der Waals surface area contributed by atoms with E-state index in [1.165, 1.54) is 6.26 Å². The maximum atomic E-state index is 12.2. The molecule has 1 N–H and O–H groups in total. The number of sulfone groups is 1. The molecule has 0 spiro atoms. The number of aliphatic imine (C=N–C) groups is 1. The van der Waals surface area contributed by atoms with Gasteiger partial charge >= 0.3 is 0 Å². The molecular weight excluding hydrogens is 350 g/mol. The van der Waals surface area contributed by atoms with Crippen molar-refractivity contribution >= 4 is 26.6 Å². The second-order valence-corrected chi connectivity index (χ2v) is 10.5. The van der Waals surface area contributed by atoms with Crippen LogP contribution in [0, 0.1) is 11.3 Å². The Hall–Kier alpha value is -1.73. The number of fused-ring (bicyclic) bond motifs is 3. The smallest absolute Gasteiger partial charge is 0.175 e. The third-order valence-electron chi connectivity index (χ3n) is 4.93. The number of aliphatic hydroxyl groups is 1. The summed E-state index contributed by atoms with van der Waals surface area (Å²) in [6.45, 7) is 11.0. The van der Waals surface area contributed by atoms with E-state index < -0.39 is 9.84 Å². The summed E-state index contributed by atoms with van der Waals surface area (Å²) in [5, 5.41) is 9.61. The molecule has 2 aromatic rings. The summed E-state index contributed by atoms with van der Waals surface area (Å²) in [5.74, 6) is 1.01. The normalized spacial score (nSPS) is 18.3. The average molecular weight is 378 g/mol. The van der Waals surface area contributed by atoms with E-state index in [-0.39, 0.29) is 28.9 Å². The van der Waals surface area contributed by atoms with Gasteiger partial charge in [0.2, 0.25) is 0 Å². The molecule has 3 rings (SSSR count). The molecule has 0 amide bonds. The van der Waals surface area contributed by atoms with Crippen molar-refractivity contribution in [3.05, 3.63) is 23.5 Å². The zero-order chi connectivity index (χ0) is 19.4. The highest BCUT2D eigenvalue weighted by molar-refractivity contribution is 7.90. The van der Waals surface area contributed by atoms with Gasteiger partial charge in [-0.05, 0) is 29.0 Å². The summed E-state index contributed by atoms with van der Waals surface area (Å²) < 4.78 is 26.4. The number of benzene rings is 1. The van der Waals surface area contributed by atoms with E-state index in [1.807, 2.05) is 0 Å². The highest BCUT2D eigenvalue weighted by Gasteiger charge is 2.33. The number of aromatic nitrogens is 2. The summed E-state index contributed by atoms with van der Waals surface area (Å²) in [6.07, 6.45) is 1.17. The van der Waals surface area contributed by atoms with E-state index in [0.29, 0.717) is 17.6 Å². The molecule has 2 heterocycles. The molecule has 1 aliphatic heterocycles. The molecule has 0 aliphatic carbocycles. The van der Waals surface area contributed by atoms with Crippen molar-refractivity contribution in [3.8, 4) is 0 Å². The minimum atomic E-state index is -3.44. The highest BCUT2D eigenvalue weighted by atomic mass is 32.2. The Bertz CT molecular complexity index is 995. The van der Waals surface area contributed by atoms with E-state index in [2.05, 4.69) is 39.2 Å². The van der Waals surface area contributed by atoms with Crippen LogP contribution in [0.15, 0.2) is 22.0 Å². The standard InChI is InChI=1S/C19H27N3O3S/c1-11(2)17-18-20-13-7-12(10-23)15(26(6,24)25)8-14(13)22(18)9-16(21-17)19(3,4)5/h7-8,11,16,23H,9-10H2,1-6H3/t16-/m0/s1. The highest BCUT2D eigenvalue weighted by Crippen LogP contribution is 2.33. The fraction of sp³-hybridized carbons (Fsp3) is 0.579. The van der Waals surface area contributed by atoms with Crippen LogP contribution in [0.4, 0.5) is 0 Å². The SMILES string of the molecule is CC(C)C1=N[C@H](C(C)(C)C)Cn2c1nc1cc(CO)c(S(C)(=O)=O)cc12. The summed E-state index contributed by atoms with van der Waals surface area (Å²) >= 11 is 0. The third kappa shape index (κ3) is 3.18. The first-order valence-electron chi connectivity index (χ1n) is 8.85. The molecule has 0 fully saturated rings. The number of nitrogens with zero attached hydrogens (tertiary/aromatic N) is 3. The molecule has 1 aliphatic rings. The second-order valence-electron chi connectivity index (χ2n) is 8.48. The quantitative estimate of drug-likeness (QED) is 0.891. The van der Waals surface area contributed by atoms with E-state index >= 15 is 0 Å². The first kappa shape index (κ1) is 19.0. The van der Waals surface area contributed by atoms with Gasteiger partial charge in [0.15, 0.2) is 15.7 Å². The Labute approximate surface area is 154 Å². The van der Waals surface area contributed by atoms with Gasteiger partial charge in [0, 0.05) is 12.8 Å². The van der Waals surface area contributed by atoms with Gasteiger partial charge in [0.25, 0.3) is 0 Å². The van der Waals surface area contributed by atoms with Crippen LogP contribution < -0.4 is 0 Å². The number of hydrogen-bond acceptors (Lipinski definition) is 5. The Morgan fingerprint density at radius 1 is 1.31 bits per heavy atom. The van der Waals surface area contributed by atoms with Gasteiger partial charge in [-0.3, -0.25) is 4.99 Å². The van der Waals surface area contributed by atoms with Gasteiger partial charge in [-0.1, -0.05) is 34.6 Å². The minimum absolute atomic E-state index is 0.0148. The third-order valence-corrected chi connectivity index (χ3v) is 6.11. The zero-order valence-electron chi connectivity index (χ0n) is 16.2. The molecule has 0 bridgehead atoms. The maximum Gasteiger partial charge on any atom is 0.175 e. The number of rotatable bonds is 3. The average Bonchev–Trinajstić information content (AvgIpc) is 2.88. The van der Waals surface area contributed by atoms with E-state index in [9.17, 15) is 13.5 Å². The van der Waals surface area contributed by atoms with Crippen LogP contribution in [0.25, 0.3) is 11.0 Å². The molecule has 0 unspecified atom stereocenters. The van der Waals surface area contributed by atoms with E-state index in [4.69, 9.17) is 9.98 Å². The number of hydrogen-bond donors (Lipinski definition) is 1. The van der Waals surface area contributed by atoms with Gasteiger partial charge in [0.1, 0.15) is 0 Å². The van der Waals surface area contributed by atoms with Crippen molar-refractivity contribution < 1.29 is 13.5 Å². The minimum Gasteiger partial charge on any atom is -0.392 e. The van der Waals surface area contributed by atoms with Gasteiger partial charge in [-0.25, -0.2) is 13.4 Å². The van der Waals surface area contributed by atoms with Crippen LogP contribution in [0.2, 0.25) is 0 Å². The van der Waals surface area contributed by atoms with Crippen LogP contribution in [0.5, 0.6) is 0 Å². The van der Waals surface area contributed by atoms with Crippen LogP contribution in [-0.4, -0.2) is 41.1 Å². The lowest BCUT2D eigenvalue weighted by atomic mass is 9.85. The van der Waals surface area contributed by atoms with Crippen LogP contribution in [-0.2, 0) is 23.0 Å². The molecule has 142 valence electrons.